The molecule has 5 nitrogen and oxygen atoms in total. The summed E-state index contributed by atoms with van der Waals surface area (Å²) in [5.74, 6) is 0.241. The molecule has 0 bridgehead atoms. The van der Waals surface area contributed by atoms with Gasteiger partial charge in [0.15, 0.2) is 5.17 Å². The lowest BCUT2D eigenvalue weighted by atomic mass is 10.1. The molecule has 1 aliphatic heterocycles. The van der Waals surface area contributed by atoms with Crippen molar-refractivity contribution in [2.24, 2.45) is 10.2 Å². The van der Waals surface area contributed by atoms with Crippen molar-refractivity contribution in [3.63, 3.8) is 0 Å². The molecule has 1 aliphatic rings. The van der Waals surface area contributed by atoms with E-state index in [1.54, 1.807) is 12.1 Å². The maximum Gasteiger partial charge on any atom is 0.416 e. The maximum absolute atomic E-state index is 13.0. The first-order valence-corrected chi connectivity index (χ1v) is 11.1. The number of nitrogens with one attached hydrogen (secondary N) is 1. The SMILES string of the molecule is O=C1N/C(=N\N=C\c2ccc(-c3cc(C(F)(F)F)ccc3Cl)o2)SC1Cc1ccc(Cl)cc1. The fourth-order valence-electron chi connectivity index (χ4n) is 3.02. The number of furan rings is 1. The van der Waals surface area contributed by atoms with Crippen molar-refractivity contribution < 1.29 is 22.4 Å². The predicted octanol–water partition coefficient (Wildman–Crippen LogP) is 6.44. The van der Waals surface area contributed by atoms with E-state index in [1.165, 1.54) is 36.2 Å². The van der Waals surface area contributed by atoms with Gasteiger partial charge < -0.3 is 9.73 Å². The Hall–Kier alpha value is -2.75. The van der Waals surface area contributed by atoms with Crippen LogP contribution in [-0.4, -0.2) is 22.5 Å². The predicted molar refractivity (Wildman–Crippen MR) is 124 cm³/mol. The molecule has 33 heavy (non-hydrogen) atoms. The van der Waals surface area contributed by atoms with Crippen molar-refractivity contribution in [3.05, 3.63) is 81.5 Å². The lowest BCUT2D eigenvalue weighted by Crippen LogP contribution is -2.25. The summed E-state index contributed by atoms with van der Waals surface area (Å²) in [5.41, 5.74) is 0.247. The van der Waals surface area contributed by atoms with Gasteiger partial charge in [0, 0.05) is 10.6 Å². The summed E-state index contributed by atoms with van der Waals surface area (Å²) in [7, 11) is 0. The third kappa shape index (κ3) is 5.79. The molecular formula is C22H14Cl2F3N3O2S. The van der Waals surface area contributed by atoms with E-state index in [0.29, 0.717) is 16.6 Å². The minimum Gasteiger partial charge on any atom is -0.455 e. The van der Waals surface area contributed by atoms with Gasteiger partial charge in [0.2, 0.25) is 5.91 Å². The van der Waals surface area contributed by atoms with Gasteiger partial charge >= 0.3 is 6.18 Å². The average Bonchev–Trinajstić information content (AvgIpc) is 3.36. The van der Waals surface area contributed by atoms with E-state index in [-0.39, 0.29) is 33.3 Å². The van der Waals surface area contributed by atoms with Crippen LogP contribution in [0.4, 0.5) is 13.2 Å². The smallest absolute Gasteiger partial charge is 0.416 e. The van der Waals surface area contributed by atoms with Gasteiger partial charge in [-0.2, -0.15) is 18.3 Å². The summed E-state index contributed by atoms with van der Waals surface area (Å²) in [6, 6.07) is 13.2. The van der Waals surface area contributed by atoms with Crippen LogP contribution >= 0.6 is 35.0 Å². The number of hydrogen-bond acceptors (Lipinski definition) is 5. The molecule has 0 spiro atoms. The largest absolute Gasteiger partial charge is 0.455 e. The lowest BCUT2D eigenvalue weighted by Gasteiger charge is -2.08. The molecule has 170 valence electrons. The molecule has 0 aliphatic carbocycles. The van der Waals surface area contributed by atoms with E-state index in [4.69, 9.17) is 27.6 Å². The van der Waals surface area contributed by atoms with E-state index >= 15 is 0 Å². The number of carbonyl (C=O) groups excluding carboxylic acids is 1. The molecule has 1 N–H and O–H groups in total. The number of amides is 1. The Balaban J connectivity index is 1.43. The highest BCUT2D eigenvalue weighted by Gasteiger charge is 2.32. The number of rotatable bonds is 5. The number of hydrogen-bond donors (Lipinski definition) is 1. The number of benzene rings is 2. The topological polar surface area (TPSA) is 67.0 Å². The molecule has 1 atom stereocenters. The van der Waals surface area contributed by atoms with Crippen molar-refractivity contribution in [3.8, 4) is 11.3 Å². The molecule has 1 aromatic heterocycles. The van der Waals surface area contributed by atoms with Gasteiger partial charge in [0.05, 0.1) is 22.1 Å². The number of carbonyl (C=O) groups is 1. The van der Waals surface area contributed by atoms with Crippen molar-refractivity contribution in [1.29, 1.82) is 0 Å². The molecule has 11 heteroatoms. The number of halogens is 5. The Morgan fingerprint density at radius 2 is 1.85 bits per heavy atom. The second-order valence-corrected chi connectivity index (χ2v) is 9.01. The molecule has 1 amide bonds. The van der Waals surface area contributed by atoms with Crippen LogP contribution in [0, 0.1) is 0 Å². The van der Waals surface area contributed by atoms with Gasteiger partial charge in [0.1, 0.15) is 11.5 Å². The standard InChI is InChI=1S/C22H14Cl2F3N3O2S/c23-14-4-1-12(2-5-14)9-19-20(31)29-21(33-19)30-28-11-15-6-8-18(32-15)16-10-13(22(25,26)27)3-7-17(16)24/h1-8,10-11,19H,9H2,(H,29,30,31)/b28-11+. The maximum atomic E-state index is 13.0. The fraction of sp³-hybridized carbons (Fsp3) is 0.136. The first-order chi connectivity index (χ1) is 15.7. The second kappa shape index (κ2) is 9.62. The highest BCUT2D eigenvalue weighted by atomic mass is 35.5. The van der Waals surface area contributed by atoms with Crippen molar-refractivity contribution in [1.82, 2.24) is 5.32 Å². The van der Waals surface area contributed by atoms with Gasteiger partial charge in [-0.3, -0.25) is 4.79 Å². The van der Waals surface area contributed by atoms with E-state index in [1.807, 2.05) is 12.1 Å². The normalized spacial score (nSPS) is 17.8. The molecule has 1 unspecified atom stereocenters. The zero-order valence-corrected chi connectivity index (χ0v) is 18.9. The zero-order valence-electron chi connectivity index (χ0n) is 16.6. The summed E-state index contributed by atoms with van der Waals surface area (Å²) < 4.78 is 44.5. The van der Waals surface area contributed by atoms with Gasteiger partial charge in [-0.05, 0) is 54.4 Å². The molecule has 2 aromatic carbocycles. The van der Waals surface area contributed by atoms with Crippen molar-refractivity contribution >= 4 is 52.3 Å². The quantitative estimate of drug-likeness (QED) is 0.316. The van der Waals surface area contributed by atoms with Crippen LogP contribution in [0.5, 0.6) is 0 Å². The first-order valence-electron chi connectivity index (χ1n) is 9.49. The summed E-state index contributed by atoms with van der Waals surface area (Å²) in [4.78, 5) is 12.2. The Morgan fingerprint density at radius 3 is 2.58 bits per heavy atom. The molecule has 0 saturated carbocycles. The Labute approximate surface area is 200 Å². The molecule has 1 fully saturated rings. The minimum atomic E-state index is -4.50. The lowest BCUT2D eigenvalue weighted by molar-refractivity contribution is -0.137. The molecule has 3 aromatic rings. The highest BCUT2D eigenvalue weighted by molar-refractivity contribution is 8.15. The number of alkyl halides is 3. The summed E-state index contributed by atoms with van der Waals surface area (Å²) in [6.45, 7) is 0. The van der Waals surface area contributed by atoms with Gasteiger partial charge in [-0.1, -0.05) is 47.1 Å². The number of thioether (sulfide) groups is 1. The summed E-state index contributed by atoms with van der Waals surface area (Å²) in [5, 5.41) is 11.3. The van der Waals surface area contributed by atoms with Gasteiger partial charge in [-0.25, -0.2) is 0 Å². The minimum absolute atomic E-state index is 0.112. The molecule has 1 saturated heterocycles. The van der Waals surface area contributed by atoms with Gasteiger partial charge in [0.25, 0.3) is 0 Å². The van der Waals surface area contributed by atoms with Crippen molar-refractivity contribution in [2.45, 2.75) is 17.8 Å². The van der Waals surface area contributed by atoms with Crippen LogP contribution in [-0.2, 0) is 17.4 Å². The van der Waals surface area contributed by atoms with E-state index in [2.05, 4.69) is 15.5 Å². The van der Waals surface area contributed by atoms with E-state index in [0.717, 1.165) is 17.7 Å². The van der Waals surface area contributed by atoms with Crippen LogP contribution in [0.3, 0.4) is 0 Å². The third-order valence-electron chi connectivity index (χ3n) is 4.63. The summed E-state index contributed by atoms with van der Waals surface area (Å²) in [6.07, 6.45) is -2.70. The molecule has 0 radical (unpaired) electrons. The first kappa shape index (κ1) is 23.4. The third-order valence-corrected chi connectivity index (χ3v) is 6.28. The summed E-state index contributed by atoms with van der Waals surface area (Å²) >= 11 is 13.2. The van der Waals surface area contributed by atoms with Crippen LogP contribution in [0.1, 0.15) is 16.9 Å². The molecule has 2 heterocycles. The highest BCUT2D eigenvalue weighted by Crippen LogP contribution is 2.36. The fourth-order valence-corrected chi connectivity index (χ4v) is 4.32. The van der Waals surface area contributed by atoms with Crippen LogP contribution in [0.15, 0.2) is 69.2 Å². The second-order valence-electron chi connectivity index (χ2n) is 6.97. The van der Waals surface area contributed by atoms with Crippen LogP contribution < -0.4 is 5.32 Å². The van der Waals surface area contributed by atoms with Crippen LogP contribution in [0.2, 0.25) is 10.0 Å². The average molecular weight is 512 g/mol. The molecule has 4 rings (SSSR count). The van der Waals surface area contributed by atoms with Gasteiger partial charge in [-0.15, -0.1) is 5.10 Å². The van der Waals surface area contributed by atoms with Crippen LogP contribution in [0.25, 0.3) is 11.3 Å². The van der Waals surface area contributed by atoms with Crippen molar-refractivity contribution in [2.75, 3.05) is 0 Å². The Bertz CT molecular complexity index is 1240. The number of amidine groups is 1. The monoisotopic (exact) mass is 511 g/mol. The zero-order chi connectivity index (χ0) is 23.6. The molecular weight excluding hydrogens is 498 g/mol. The number of nitrogens with zero attached hydrogens (tertiary/aromatic N) is 2. The Kier molecular flexibility index (Phi) is 6.83. The van der Waals surface area contributed by atoms with E-state index in [9.17, 15) is 18.0 Å². The Morgan fingerprint density at radius 1 is 1.09 bits per heavy atom. The van der Waals surface area contributed by atoms with E-state index < -0.39 is 11.7 Å².